The van der Waals surface area contributed by atoms with Crippen molar-refractivity contribution in [3.63, 3.8) is 0 Å². The third-order valence-corrected chi connectivity index (χ3v) is 1.81. The predicted octanol–water partition coefficient (Wildman–Crippen LogP) is 1.28. The Labute approximate surface area is 104 Å². The van der Waals surface area contributed by atoms with Gasteiger partial charge in [-0.3, -0.25) is 0 Å². The third kappa shape index (κ3) is 1.65. The number of aromatic nitrogens is 4. The topological polar surface area (TPSA) is 46.3 Å². The summed E-state index contributed by atoms with van der Waals surface area (Å²) in [7, 11) is 0. The lowest BCUT2D eigenvalue weighted by Crippen LogP contribution is -2.25. The maximum atomic E-state index is 8.16. The number of rotatable bonds is 3. The summed E-state index contributed by atoms with van der Waals surface area (Å²) >= 11 is 0. The van der Waals surface area contributed by atoms with Gasteiger partial charge in [0.15, 0.2) is 0 Å². The second-order valence-electron chi connectivity index (χ2n) is 2.69. The van der Waals surface area contributed by atoms with Crippen molar-refractivity contribution < 1.29 is 15.1 Å². The molecule has 0 spiro atoms. The van der Waals surface area contributed by atoms with Crippen LogP contribution < -0.4 is 4.90 Å². The Balaban J connectivity index is 2.78. The summed E-state index contributed by atoms with van der Waals surface area (Å²) in [4.78, 5) is 8.18. The average molecular weight is 216 g/mol. The Morgan fingerprint density at radius 3 is 3.13 bits per heavy atom. The van der Waals surface area contributed by atoms with Crippen LogP contribution in [0, 0.1) is 6.85 Å². The molecule has 2 aromatic heterocycles. The Morgan fingerprint density at radius 1 is 1.53 bits per heavy atom. The first-order valence-electron chi connectivity index (χ1n) is 9.58. The van der Waals surface area contributed by atoms with Gasteiger partial charge in [-0.05, 0) is 20.6 Å². The molecular weight excluding hydrogens is 190 g/mol. The molecule has 0 amide bonds. The molecule has 80 valence electrons. The third-order valence-electron chi connectivity index (χ3n) is 1.81. The minimum atomic E-state index is -2.83. The zero-order valence-corrected chi connectivity index (χ0v) is 7.65. The van der Waals surface area contributed by atoms with Gasteiger partial charge in [0.05, 0.1) is 1.37 Å². The van der Waals surface area contributed by atoms with Crippen LogP contribution in [0.1, 0.15) is 34.5 Å². The fourth-order valence-electron chi connectivity index (χ4n) is 1.12. The van der Waals surface area contributed by atoms with Gasteiger partial charge >= 0.3 is 0 Å². The molecule has 0 fully saturated rings. The summed E-state index contributed by atoms with van der Waals surface area (Å²) in [5.41, 5.74) is -0.687. The van der Waals surface area contributed by atoms with E-state index in [1.165, 1.54) is 0 Å². The quantitative estimate of drug-likeness (QED) is 0.775. The van der Waals surface area contributed by atoms with Gasteiger partial charge in [-0.2, -0.15) is 14.6 Å². The fourth-order valence-corrected chi connectivity index (χ4v) is 1.12. The minimum Gasteiger partial charge on any atom is -0.357 e. The molecule has 0 bridgehead atoms. The van der Waals surface area contributed by atoms with Gasteiger partial charge in [-0.15, -0.1) is 0 Å². The molecule has 2 rings (SSSR count). The number of fused-ring (bicyclic) bond motifs is 1. The summed E-state index contributed by atoms with van der Waals surface area (Å²) in [6.45, 7) is -9.57. The molecule has 0 radical (unpaired) electrons. The lowest BCUT2D eigenvalue weighted by molar-refractivity contribution is 0.796. The molecular formula is C10H15N5. The molecule has 0 aliphatic carbocycles. The molecule has 5 heteroatoms. The number of hydrogen-bond acceptors (Lipinski definition) is 4. The highest BCUT2D eigenvalue weighted by Crippen LogP contribution is 2.14. The van der Waals surface area contributed by atoms with E-state index in [9.17, 15) is 0 Å². The smallest absolute Gasteiger partial charge is 0.254 e. The standard InChI is InChI=1S/C10H15N5/c1-4-14(5-2)9-6-8(3)13-10-11-7-12-15(9)10/h6-7H,4-5H2,1-3H3/i1D3,2D3,3D3,6D,7D. The fraction of sp³-hybridized carbons (Fsp3) is 0.500. The summed E-state index contributed by atoms with van der Waals surface area (Å²) in [5.74, 6) is -0.743. The van der Waals surface area contributed by atoms with E-state index in [0.29, 0.717) is 0 Å². The van der Waals surface area contributed by atoms with Crippen molar-refractivity contribution in [3.8, 4) is 0 Å². The maximum Gasteiger partial charge on any atom is 0.254 e. The molecule has 2 heterocycles. The molecule has 0 aromatic carbocycles. The second kappa shape index (κ2) is 3.84. The molecule has 0 N–H and O–H groups in total. The summed E-state index contributed by atoms with van der Waals surface area (Å²) < 4.78 is 83.5. The number of aryl methyl sites for hydroxylation is 1. The van der Waals surface area contributed by atoms with Crippen LogP contribution in [0.4, 0.5) is 5.82 Å². The van der Waals surface area contributed by atoms with Crippen LogP contribution in [-0.4, -0.2) is 32.7 Å². The van der Waals surface area contributed by atoms with E-state index in [4.69, 9.17) is 15.1 Å². The van der Waals surface area contributed by atoms with Crippen LogP contribution in [0.2, 0.25) is 0 Å². The highest BCUT2D eigenvalue weighted by molar-refractivity contribution is 5.46. The van der Waals surface area contributed by atoms with Crippen LogP contribution >= 0.6 is 0 Å². The van der Waals surface area contributed by atoms with Crippen LogP contribution in [0.15, 0.2) is 12.3 Å². The lowest BCUT2D eigenvalue weighted by Gasteiger charge is -2.21. The number of nitrogens with zero attached hydrogens (tertiary/aromatic N) is 5. The highest BCUT2D eigenvalue weighted by atomic mass is 15.4. The molecule has 5 nitrogen and oxygen atoms in total. The number of anilines is 1. The van der Waals surface area contributed by atoms with E-state index < -0.39 is 57.5 Å². The molecule has 0 atom stereocenters. The van der Waals surface area contributed by atoms with E-state index in [-0.39, 0.29) is 5.78 Å². The first-order valence-corrected chi connectivity index (χ1v) is 4.08. The van der Waals surface area contributed by atoms with Crippen LogP contribution in [0.25, 0.3) is 5.78 Å². The monoisotopic (exact) mass is 216 g/mol. The summed E-state index contributed by atoms with van der Waals surface area (Å²) in [6, 6.07) is -0.698. The van der Waals surface area contributed by atoms with Crippen LogP contribution in [-0.2, 0) is 0 Å². The van der Waals surface area contributed by atoms with Crippen molar-refractivity contribution in [3.05, 3.63) is 18.0 Å². The molecule has 0 saturated heterocycles. The van der Waals surface area contributed by atoms with E-state index in [0.717, 1.165) is 9.42 Å². The molecule has 0 unspecified atom stereocenters. The average Bonchev–Trinajstić information content (AvgIpc) is 2.72. The van der Waals surface area contributed by atoms with E-state index in [1.807, 2.05) is 0 Å². The molecule has 0 aliphatic rings. The second-order valence-corrected chi connectivity index (χ2v) is 2.69. The zero-order valence-electron chi connectivity index (χ0n) is 18.7. The Morgan fingerprint density at radius 2 is 2.40 bits per heavy atom. The van der Waals surface area contributed by atoms with Crippen molar-refractivity contribution in [1.29, 1.82) is 0 Å². The Kier molecular flexibility index (Phi) is 0.812. The van der Waals surface area contributed by atoms with Crippen molar-refractivity contribution in [2.24, 2.45) is 0 Å². The first-order chi connectivity index (χ1) is 11.6. The van der Waals surface area contributed by atoms with Crippen LogP contribution in [0.3, 0.4) is 0 Å². The van der Waals surface area contributed by atoms with Gasteiger partial charge in [0, 0.05) is 37.2 Å². The van der Waals surface area contributed by atoms with Gasteiger partial charge in [0.2, 0.25) is 0 Å². The van der Waals surface area contributed by atoms with Gasteiger partial charge in [0.1, 0.15) is 13.5 Å². The summed E-state index contributed by atoms with van der Waals surface area (Å²) in [5, 5.41) is 3.68. The zero-order chi connectivity index (χ0) is 20.1. The number of hydrogen-bond donors (Lipinski definition) is 0. The van der Waals surface area contributed by atoms with E-state index in [1.54, 1.807) is 0 Å². The minimum absolute atomic E-state index is 0.340. The Hall–Kier alpha value is -1.65. The van der Waals surface area contributed by atoms with Crippen LogP contribution in [0.5, 0.6) is 0 Å². The van der Waals surface area contributed by atoms with Gasteiger partial charge < -0.3 is 4.90 Å². The van der Waals surface area contributed by atoms with Crippen molar-refractivity contribution >= 4 is 11.6 Å². The highest BCUT2D eigenvalue weighted by Gasteiger charge is 2.09. The first kappa shape index (κ1) is 3.17. The molecule has 2 aromatic rings. The van der Waals surface area contributed by atoms with Gasteiger partial charge in [-0.1, -0.05) is 0 Å². The molecule has 0 saturated carbocycles. The largest absolute Gasteiger partial charge is 0.357 e. The lowest BCUT2D eigenvalue weighted by atomic mass is 10.4. The normalized spacial score (nSPS) is 24.1. The summed E-state index contributed by atoms with van der Waals surface area (Å²) in [6.07, 6.45) is -0.538. The Bertz CT molecular complexity index is 787. The molecule has 15 heavy (non-hydrogen) atoms. The van der Waals surface area contributed by atoms with Crippen molar-refractivity contribution in [1.82, 2.24) is 19.6 Å². The van der Waals surface area contributed by atoms with E-state index >= 15 is 0 Å². The molecule has 0 aliphatic heterocycles. The van der Waals surface area contributed by atoms with E-state index in [2.05, 4.69) is 15.1 Å². The van der Waals surface area contributed by atoms with Gasteiger partial charge in [-0.25, -0.2) is 4.98 Å². The SMILES string of the molecule is [2H]c1nc2nc(C([2H])([2H])[2H])c([2H])c(N(CC([2H])([2H])[2H])CC([2H])([2H])[2H])n2n1. The maximum absolute atomic E-state index is 8.16. The predicted molar refractivity (Wildman–Crippen MR) is 59.1 cm³/mol. The van der Waals surface area contributed by atoms with Crippen molar-refractivity contribution in [2.75, 3.05) is 18.0 Å². The van der Waals surface area contributed by atoms with Crippen molar-refractivity contribution in [2.45, 2.75) is 20.6 Å². The van der Waals surface area contributed by atoms with Gasteiger partial charge in [0.25, 0.3) is 5.78 Å².